The van der Waals surface area contributed by atoms with Gasteiger partial charge in [0.25, 0.3) is 0 Å². The van der Waals surface area contributed by atoms with Crippen LogP contribution in [0.4, 0.5) is 0 Å². The number of hydrogen-bond donors (Lipinski definition) is 1. The lowest BCUT2D eigenvalue weighted by Gasteiger charge is -2.52. The zero-order valence-electron chi connectivity index (χ0n) is 13.9. The predicted molar refractivity (Wildman–Crippen MR) is 89.6 cm³/mol. The number of likely N-dealkylation sites (tertiary alicyclic amines) is 1. The quantitative estimate of drug-likeness (QED) is 0.924. The van der Waals surface area contributed by atoms with Gasteiger partial charge in [-0.1, -0.05) is 12.1 Å². The minimum atomic E-state index is -0.879. The van der Waals surface area contributed by atoms with Crippen molar-refractivity contribution in [1.82, 2.24) is 9.80 Å². The summed E-state index contributed by atoms with van der Waals surface area (Å²) in [5.74, 6) is 0.662. The van der Waals surface area contributed by atoms with Gasteiger partial charge in [-0.15, -0.1) is 0 Å². The van der Waals surface area contributed by atoms with E-state index in [4.69, 9.17) is 5.11 Å². The van der Waals surface area contributed by atoms with Crippen LogP contribution in [-0.2, 0) is 11.3 Å². The van der Waals surface area contributed by atoms with E-state index in [1.807, 2.05) is 12.1 Å². The first kappa shape index (κ1) is 15.6. The molecule has 3 atom stereocenters. The van der Waals surface area contributed by atoms with Gasteiger partial charge in [0.2, 0.25) is 5.91 Å². The van der Waals surface area contributed by atoms with Crippen molar-refractivity contribution in [2.24, 2.45) is 11.8 Å². The molecule has 1 amide bonds. The average molecular weight is 328 g/mol. The maximum absolute atomic E-state index is 12.2. The molecule has 3 saturated heterocycles. The highest BCUT2D eigenvalue weighted by Crippen LogP contribution is 2.38. The summed E-state index contributed by atoms with van der Waals surface area (Å²) < 4.78 is 0. The fourth-order valence-corrected chi connectivity index (χ4v) is 4.85. The number of fused-ring (bicyclic) bond motifs is 4. The van der Waals surface area contributed by atoms with E-state index in [9.17, 15) is 9.59 Å². The molecule has 1 aromatic rings. The number of carbonyl (C=O) groups excluding carboxylic acids is 1. The first-order valence-corrected chi connectivity index (χ1v) is 8.94. The van der Waals surface area contributed by atoms with Gasteiger partial charge in [-0.25, -0.2) is 4.79 Å². The maximum atomic E-state index is 12.2. The molecule has 1 N–H and O–H groups in total. The van der Waals surface area contributed by atoms with E-state index in [1.165, 1.54) is 6.42 Å². The monoisotopic (exact) mass is 328 g/mol. The average Bonchev–Trinajstić information content (AvgIpc) is 2.56. The summed E-state index contributed by atoms with van der Waals surface area (Å²) in [6, 6.07) is 7.65. The molecule has 2 unspecified atom stereocenters. The van der Waals surface area contributed by atoms with Crippen LogP contribution in [0.3, 0.4) is 0 Å². The van der Waals surface area contributed by atoms with Gasteiger partial charge in [0.1, 0.15) is 0 Å². The van der Waals surface area contributed by atoms with Crippen molar-refractivity contribution in [3.8, 4) is 0 Å². The molecule has 24 heavy (non-hydrogen) atoms. The van der Waals surface area contributed by atoms with Gasteiger partial charge in [-0.2, -0.15) is 0 Å². The lowest BCUT2D eigenvalue weighted by atomic mass is 9.76. The van der Waals surface area contributed by atoms with E-state index < -0.39 is 5.97 Å². The van der Waals surface area contributed by atoms with E-state index in [0.717, 1.165) is 51.0 Å². The number of rotatable bonds is 3. The van der Waals surface area contributed by atoms with Crippen LogP contribution in [-0.4, -0.2) is 52.5 Å². The smallest absolute Gasteiger partial charge is 0.335 e. The minimum Gasteiger partial charge on any atom is -0.478 e. The molecule has 3 aliphatic heterocycles. The van der Waals surface area contributed by atoms with Crippen LogP contribution in [0.15, 0.2) is 24.3 Å². The van der Waals surface area contributed by atoms with Gasteiger partial charge >= 0.3 is 5.97 Å². The highest BCUT2D eigenvalue weighted by molar-refractivity contribution is 5.87. The number of piperidine rings is 3. The van der Waals surface area contributed by atoms with Crippen molar-refractivity contribution < 1.29 is 14.7 Å². The van der Waals surface area contributed by atoms with Crippen molar-refractivity contribution >= 4 is 11.9 Å². The predicted octanol–water partition coefficient (Wildman–Crippen LogP) is 2.22. The zero-order valence-corrected chi connectivity index (χ0v) is 13.9. The molecule has 0 radical (unpaired) electrons. The van der Waals surface area contributed by atoms with Crippen LogP contribution in [0.5, 0.6) is 0 Å². The van der Waals surface area contributed by atoms with Crippen LogP contribution in [0, 0.1) is 11.8 Å². The molecular formula is C19H24N2O3. The Kier molecular flexibility index (Phi) is 4.04. The number of carboxylic acids is 1. The molecule has 5 nitrogen and oxygen atoms in total. The Balaban J connectivity index is 1.43. The van der Waals surface area contributed by atoms with Crippen molar-refractivity contribution in [3.05, 3.63) is 35.4 Å². The first-order valence-electron chi connectivity index (χ1n) is 8.94. The van der Waals surface area contributed by atoms with Gasteiger partial charge in [-0.05, 0) is 48.8 Å². The number of hydrogen-bond acceptors (Lipinski definition) is 3. The van der Waals surface area contributed by atoms with Crippen molar-refractivity contribution in [3.63, 3.8) is 0 Å². The van der Waals surface area contributed by atoms with E-state index in [1.54, 1.807) is 12.1 Å². The van der Waals surface area contributed by atoms with Gasteiger partial charge in [-0.3, -0.25) is 9.69 Å². The van der Waals surface area contributed by atoms with Crippen LogP contribution in [0.2, 0.25) is 0 Å². The van der Waals surface area contributed by atoms with Gasteiger partial charge in [0.15, 0.2) is 0 Å². The van der Waals surface area contributed by atoms with Crippen LogP contribution in [0.25, 0.3) is 0 Å². The van der Waals surface area contributed by atoms with Crippen molar-refractivity contribution in [2.45, 2.75) is 38.3 Å². The molecule has 2 bridgehead atoms. The number of nitrogens with zero attached hydrogens (tertiary/aromatic N) is 2. The highest BCUT2D eigenvalue weighted by Gasteiger charge is 2.43. The summed E-state index contributed by atoms with van der Waals surface area (Å²) >= 11 is 0. The number of carboxylic acid groups (broad SMARTS) is 1. The SMILES string of the molecule is O=C(O)c1ccc(CN2CC3CC(C2)[C@@H]2CCCC(=O)N2C3)cc1. The lowest BCUT2D eigenvalue weighted by Crippen LogP contribution is -2.60. The zero-order chi connectivity index (χ0) is 16.7. The molecule has 1 aromatic carbocycles. The molecule has 4 rings (SSSR count). The summed E-state index contributed by atoms with van der Waals surface area (Å²) in [4.78, 5) is 27.8. The maximum Gasteiger partial charge on any atom is 0.335 e. The third-order valence-electron chi connectivity index (χ3n) is 5.86. The second-order valence-electron chi connectivity index (χ2n) is 7.56. The molecule has 3 aliphatic rings. The lowest BCUT2D eigenvalue weighted by molar-refractivity contribution is -0.145. The van der Waals surface area contributed by atoms with E-state index in [0.29, 0.717) is 29.3 Å². The molecule has 128 valence electrons. The fraction of sp³-hybridized carbons (Fsp3) is 0.579. The third kappa shape index (κ3) is 2.93. The van der Waals surface area contributed by atoms with Crippen molar-refractivity contribution in [1.29, 1.82) is 0 Å². The number of benzene rings is 1. The van der Waals surface area contributed by atoms with E-state index in [2.05, 4.69) is 9.80 Å². The Morgan fingerprint density at radius 2 is 1.96 bits per heavy atom. The molecule has 0 aromatic heterocycles. The largest absolute Gasteiger partial charge is 0.478 e. The molecular weight excluding hydrogens is 304 g/mol. The standard InChI is InChI=1S/C19H24N2O3/c22-18-3-1-2-17-16-8-14(11-21(17)18)10-20(12-16)9-13-4-6-15(7-5-13)19(23)24/h4-7,14,16-17H,1-3,8-12H2,(H,23,24)/t14?,16?,17-/m0/s1. The summed E-state index contributed by atoms with van der Waals surface area (Å²) in [6.07, 6.45) is 4.18. The molecule has 3 heterocycles. The summed E-state index contributed by atoms with van der Waals surface area (Å²) in [7, 11) is 0. The third-order valence-corrected chi connectivity index (χ3v) is 5.86. The number of aromatic carboxylic acids is 1. The first-order chi connectivity index (χ1) is 11.6. The number of amides is 1. The Morgan fingerprint density at radius 1 is 1.17 bits per heavy atom. The van der Waals surface area contributed by atoms with Gasteiger partial charge < -0.3 is 10.0 Å². The fourth-order valence-electron chi connectivity index (χ4n) is 4.85. The summed E-state index contributed by atoms with van der Waals surface area (Å²) in [5, 5.41) is 8.99. The molecule has 0 spiro atoms. The summed E-state index contributed by atoms with van der Waals surface area (Å²) in [6.45, 7) is 3.88. The second-order valence-corrected chi connectivity index (χ2v) is 7.56. The topological polar surface area (TPSA) is 60.9 Å². The van der Waals surface area contributed by atoms with Gasteiger partial charge in [0.05, 0.1) is 5.56 Å². The van der Waals surface area contributed by atoms with Gasteiger partial charge in [0, 0.05) is 38.6 Å². The normalized spacial score (nSPS) is 30.1. The van der Waals surface area contributed by atoms with Crippen LogP contribution >= 0.6 is 0 Å². The Bertz CT molecular complexity index is 643. The second kappa shape index (κ2) is 6.20. The highest BCUT2D eigenvalue weighted by atomic mass is 16.4. The molecule has 0 saturated carbocycles. The Morgan fingerprint density at radius 3 is 2.71 bits per heavy atom. The number of carbonyl (C=O) groups is 2. The Hall–Kier alpha value is -1.88. The Labute approximate surface area is 142 Å². The van der Waals surface area contributed by atoms with E-state index >= 15 is 0 Å². The van der Waals surface area contributed by atoms with Crippen LogP contribution < -0.4 is 0 Å². The van der Waals surface area contributed by atoms with Crippen molar-refractivity contribution in [2.75, 3.05) is 19.6 Å². The van der Waals surface area contributed by atoms with Crippen LogP contribution in [0.1, 0.15) is 41.6 Å². The molecule has 3 fully saturated rings. The van der Waals surface area contributed by atoms with E-state index in [-0.39, 0.29) is 0 Å². The minimum absolute atomic E-state index is 0.339. The molecule has 5 heteroatoms. The summed E-state index contributed by atoms with van der Waals surface area (Å²) in [5.41, 5.74) is 1.50. The molecule has 0 aliphatic carbocycles.